The lowest BCUT2D eigenvalue weighted by Gasteiger charge is -2.34. The van der Waals surface area contributed by atoms with Crippen LogP contribution >= 0.6 is 11.8 Å². The zero-order chi connectivity index (χ0) is 32.9. The van der Waals surface area contributed by atoms with Crippen LogP contribution in [0.4, 0.5) is 5.69 Å². The van der Waals surface area contributed by atoms with E-state index in [9.17, 15) is 19.5 Å². The van der Waals surface area contributed by atoms with Crippen LogP contribution in [-0.4, -0.2) is 33.7 Å². The van der Waals surface area contributed by atoms with Gasteiger partial charge in [0.1, 0.15) is 6.04 Å². The third-order valence-corrected chi connectivity index (χ3v) is 9.31. The van der Waals surface area contributed by atoms with Gasteiger partial charge in [0.2, 0.25) is 11.8 Å². The van der Waals surface area contributed by atoms with E-state index in [1.54, 1.807) is 24.3 Å². The van der Waals surface area contributed by atoms with E-state index in [0.29, 0.717) is 36.3 Å². The summed E-state index contributed by atoms with van der Waals surface area (Å²) in [5, 5.41) is 24.6. The molecule has 4 aromatic carbocycles. The number of rotatable bonds is 15. The molecule has 0 heterocycles. The quantitative estimate of drug-likeness (QED) is 0.103. The summed E-state index contributed by atoms with van der Waals surface area (Å²) in [6, 6.07) is 35.8. The molecule has 4 rings (SSSR count). The summed E-state index contributed by atoms with van der Waals surface area (Å²) in [7, 11) is 0. The van der Waals surface area contributed by atoms with Gasteiger partial charge in [-0.05, 0) is 79.6 Å². The topological polar surface area (TPSA) is 154 Å². The average Bonchev–Trinajstić information content (AvgIpc) is 3.07. The molecule has 0 fully saturated rings. The van der Waals surface area contributed by atoms with E-state index in [0.717, 1.165) is 22.3 Å². The minimum atomic E-state index is -1.06. The highest BCUT2D eigenvalue weighted by Gasteiger charge is 2.38. The second-order valence-electron chi connectivity index (χ2n) is 11.7. The second-order valence-corrected chi connectivity index (χ2v) is 13.4. The Hall–Kier alpha value is -4.91. The molecule has 0 unspecified atom stereocenters. The van der Waals surface area contributed by atoms with E-state index in [4.69, 9.17) is 5.26 Å². The molecule has 47 heavy (non-hydrogen) atoms. The zero-order valence-electron chi connectivity index (χ0n) is 26.8. The first kappa shape index (κ1) is 36.6. The molecule has 2 atom stereocenters. The third-order valence-electron chi connectivity index (χ3n) is 7.85. The molecule has 8 nitrogen and oxygen atoms in total. The molecule has 0 spiro atoms. The van der Waals surface area contributed by atoms with E-state index in [1.165, 1.54) is 11.8 Å². The van der Waals surface area contributed by atoms with E-state index in [2.05, 4.69) is 53.1 Å². The predicted molar refractivity (Wildman–Crippen MR) is 189 cm³/mol. The van der Waals surface area contributed by atoms with Gasteiger partial charge in [-0.15, -0.1) is 11.8 Å². The van der Waals surface area contributed by atoms with Crippen molar-refractivity contribution < 1.29 is 19.5 Å². The summed E-state index contributed by atoms with van der Waals surface area (Å²) in [6.07, 6.45) is 1.35. The van der Waals surface area contributed by atoms with Crippen molar-refractivity contribution in [2.24, 2.45) is 5.92 Å². The molecule has 9 heteroatoms. The zero-order valence-corrected chi connectivity index (χ0v) is 27.6. The van der Waals surface area contributed by atoms with Gasteiger partial charge in [-0.25, -0.2) is 0 Å². The normalized spacial score (nSPS) is 12.1. The Kier molecular flexibility index (Phi) is 13.8. The first-order chi connectivity index (χ1) is 22.1. The summed E-state index contributed by atoms with van der Waals surface area (Å²) in [4.78, 5) is 39.2. The number of carboxylic acid groups (broad SMARTS) is 1. The number of anilines is 1. The first-order valence-electron chi connectivity index (χ1n) is 15.3. The number of nitriles is 1. The largest absolute Gasteiger partial charge is 0.481 e. The number of carbonyl (C=O) groups is 3. The number of benzene rings is 4. The van der Waals surface area contributed by atoms with Crippen molar-refractivity contribution in [2.75, 3.05) is 5.32 Å². The number of nitrogens with zero attached hydrogens (tertiary/aromatic N) is 1. The molecule has 0 aromatic heterocycles. The molecule has 0 saturated heterocycles. The molecular weight excluding hydrogens is 609 g/mol. The van der Waals surface area contributed by atoms with Gasteiger partial charge < -0.3 is 21.9 Å². The lowest BCUT2D eigenvalue weighted by molar-refractivity contribution is -0.141. The third kappa shape index (κ3) is 11.1. The Labute approximate surface area is 281 Å². The SMILES string of the molecule is CC(C)(SCc1ccc(C#N)cc1)[C@H](NC(=O)[C@H](CCCc1ccc(-c2ccccc2)cc1)CC(=O)O)C(=O)Nc1ccccc1.N. The number of aryl methyl sites for hydroxylation is 1. The summed E-state index contributed by atoms with van der Waals surface area (Å²) in [5.41, 5.74) is 5.50. The monoisotopic (exact) mass is 650 g/mol. The smallest absolute Gasteiger partial charge is 0.304 e. The van der Waals surface area contributed by atoms with Crippen LogP contribution in [-0.2, 0) is 26.6 Å². The van der Waals surface area contributed by atoms with Crippen LogP contribution in [0.3, 0.4) is 0 Å². The lowest BCUT2D eigenvalue weighted by atomic mass is 9.93. The number of hydrogen-bond acceptors (Lipinski definition) is 6. The highest BCUT2D eigenvalue weighted by atomic mass is 32.2. The number of para-hydroxylation sites is 1. The van der Waals surface area contributed by atoms with Crippen molar-refractivity contribution in [2.45, 2.75) is 56.1 Å². The van der Waals surface area contributed by atoms with E-state index >= 15 is 0 Å². The number of amides is 2. The van der Waals surface area contributed by atoms with Crippen LogP contribution in [0, 0.1) is 17.2 Å². The van der Waals surface area contributed by atoms with Crippen LogP contribution in [0.25, 0.3) is 11.1 Å². The molecule has 0 radical (unpaired) electrons. The van der Waals surface area contributed by atoms with Gasteiger partial charge in [0.05, 0.1) is 18.1 Å². The van der Waals surface area contributed by atoms with Crippen molar-refractivity contribution in [1.82, 2.24) is 11.5 Å². The summed E-state index contributed by atoms with van der Waals surface area (Å²) >= 11 is 1.50. The molecule has 0 aliphatic rings. The maximum atomic E-state index is 13.7. The maximum absolute atomic E-state index is 13.7. The predicted octanol–water partition coefficient (Wildman–Crippen LogP) is 7.64. The number of carbonyl (C=O) groups excluding carboxylic acids is 2. The Morgan fingerprint density at radius 1 is 0.809 bits per heavy atom. The minimum absolute atomic E-state index is 0. The van der Waals surface area contributed by atoms with Crippen LogP contribution < -0.4 is 16.8 Å². The van der Waals surface area contributed by atoms with Gasteiger partial charge in [-0.3, -0.25) is 14.4 Å². The number of hydrogen-bond donors (Lipinski definition) is 4. The molecule has 6 N–H and O–H groups in total. The summed E-state index contributed by atoms with van der Waals surface area (Å²) < 4.78 is -0.767. The van der Waals surface area contributed by atoms with Crippen molar-refractivity contribution in [3.8, 4) is 17.2 Å². The van der Waals surface area contributed by atoms with E-state index in [-0.39, 0.29) is 18.5 Å². The highest BCUT2D eigenvalue weighted by Crippen LogP contribution is 2.33. The van der Waals surface area contributed by atoms with Crippen LogP contribution in [0.5, 0.6) is 0 Å². The van der Waals surface area contributed by atoms with Gasteiger partial charge in [0.25, 0.3) is 0 Å². The Morgan fingerprint density at radius 3 is 1.98 bits per heavy atom. The summed E-state index contributed by atoms with van der Waals surface area (Å²) in [5.74, 6) is -2.16. The van der Waals surface area contributed by atoms with E-state index < -0.39 is 28.6 Å². The van der Waals surface area contributed by atoms with Gasteiger partial charge in [0, 0.05) is 22.1 Å². The Balaban J connectivity index is 0.00000600. The lowest BCUT2D eigenvalue weighted by Crippen LogP contribution is -2.56. The highest BCUT2D eigenvalue weighted by molar-refractivity contribution is 7.99. The molecular formula is C38H42N4O4S. The van der Waals surface area contributed by atoms with Gasteiger partial charge in [0.15, 0.2) is 0 Å². The number of nitrogens with one attached hydrogen (secondary N) is 2. The van der Waals surface area contributed by atoms with Crippen molar-refractivity contribution in [3.05, 3.63) is 126 Å². The fourth-order valence-electron chi connectivity index (χ4n) is 5.16. The fraction of sp³-hybridized carbons (Fsp3) is 0.263. The summed E-state index contributed by atoms with van der Waals surface area (Å²) in [6.45, 7) is 3.78. The molecule has 244 valence electrons. The van der Waals surface area contributed by atoms with E-state index in [1.807, 2.05) is 62.4 Å². The van der Waals surface area contributed by atoms with Crippen molar-refractivity contribution in [1.29, 1.82) is 5.26 Å². The molecule has 0 aliphatic heterocycles. The standard InChI is InChI=1S/C38H39N3O4S.H3N/c1-38(2,46-26-29-18-16-28(25-39)17-19-29)35(37(45)40-33-14-7-4-8-15-33)41-36(44)32(24-34(42)43)13-9-10-27-20-22-31(23-21-27)30-11-5-3-6-12-30;/h3-8,11-12,14-23,32,35H,9-10,13,24,26H2,1-2H3,(H,40,45)(H,41,44)(H,42,43);1H3/t32-,35-;/m1./s1. The van der Waals surface area contributed by atoms with Crippen molar-refractivity contribution >= 4 is 35.2 Å². The van der Waals surface area contributed by atoms with Crippen molar-refractivity contribution in [3.63, 3.8) is 0 Å². The molecule has 0 bridgehead atoms. The van der Waals surface area contributed by atoms with Gasteiger partial charge in [-0.1, -0.05) is 84.9 Å². The molecule has 0 aliphatic carbocycles. The Morgan fingerprint density at radius 2 is 1.38 bits per heavy atom. The van der Waals surface area contributed by atoms with Gasteiger partial charge >= 0.3 is 5.97 Å². The van der Waals surface area contributed by atoms with Crippen LogP contribution in [0.1, 0.15) is 49.8 Å². The van der Waals surface area contributed by atoms with Crippen LogP contribution in [0.15, 0.2) is 109 Å². The molecule has 0 saturated carbocycles. The fourth-order valence-corrected chi connectivity index (χ4v) is 6.23. The number of thioether (sulfide) groups is 1. The number of aliphatic carboxylic acids is 1. The van der Waals surface area contributed by atoms with Gasteiger partial charge in [-0.2, -0.15) is 5.26 Å². The Bertz CT molecular complexity index is 1640. The van der Waals surface area contributed by atoms with Crippen LogP contribution in [0.2, 0.25) is 0 Å². The molecule has 4 aromatic rings. The number of carboxylic acids is 1. The second kappa shape index (κ2) is 17.7. The first-order valence-corrected chi connectivity index (χ1v) is 16.3. The molecule has 2 amide bonds. The minimum Gasteiger partial charge on any atom is -0.481 e. The maximum Gasteiger partial charge on any atom is 0.304 e. The average molecular weight is 651 g/mol.